The van der Waals surface area contributed by atoms with Crippen LogP contribution in [-0.4, -0.2) is 82.9 Å². The van der Waals surface area contributed by atoms with Gasteiger partial charge in [-0.2, -0.15) is 0 Å². The fourth-order valence-electron chi connectivity index (χ4n) is 7.29. The zero-order valence-corrected chi connectivity index (χ0v) is 27.1. The first-order chi connectivity index (χ1) is 22.1. The van der Waals surface area contributed by atoms with Gasteiger partial charge in [0, 0.05) is 38.0 Å². The van der Waals surface area contributed by atoms with Gasteiger partial charge in [-0.25, -0.2) is 0 Å². The first-order valence-corrected chi connectivity index (χ1v) is 16.7. The van der Waals surface area contributed by atoms with Crippen molar-refractivity contribution in [2.45, 2.75) is 83.0 Å². The van der Waals surface area contributed by atoms with Crippen LogP contribution in [0.5, 0.6) is 0 Å². The second-order valence-electron chi connectivity index (χ2n) is 12.9. The summed E-state index contributed by atoms with van der Waals surface area (Å²) in [6, 6.07) is 12.6. The van der Waals surface area contributed by atoms with Crippen molar-refractivity contribution in [3.63, 3.8) is 0 Å². The lowest BCUT2D eigenvalue weighted by atomic mass is 9.87. The first kappa shape index (κ1) is 32.7. The largest absolute Gasteiger partial charge is 0.481 e. The number of carboxylic acid groups (broad SMARTS) is 1. The second-order valence-corrected chi connectivity index (χ2v) is 13.3. The molecule has 1 unspecified atom stereocenters. The van der Waals surface area contributed by atoms with Gasteiger partial charge in [-0.15, -0.1) is 0 Å². The number of carbonyl (C=O) groups excluding carboxylic acids is 2. The van der Waals surface area contributed by atoms with E-state index in [0.29, 0.717) is 71.6 Å². The van der Waals surface area contributed by atoms with E-state index in [0.717, 1.165) is 25.9 Å². The molecule has 10 nitrogen and oxygen atoms in total. The van der Waals surface area contributed by atoms with Gasteiger partial charge >= 0.3 is 5.97 Å². The first-order valence-electron chi connectivity index (χ1n) is 16.3. The number of halogens is 1. The Bertz CT molecular complexity index is 1570. The van der Waals surface area contributed by atoms with Crippen LogP contribution in [0.4, 0.5) is 5.69 Å². The molecule has 1 aliphatic carbocycles. The summed E-state index contributed by atoms with van der Waals surface area (Å²) in [5.74, 6) is -2.90. The number of ketones is 1. The fraction of sp³-hybridized carbons (Fsp3) is 0.514. The molecular formula is C35H42ClN3O7. The van der Waals surface area contributed by atoms with Crippen LogP contribution in [0.1, 0.15) is 68.3 Å². The highest BCUT2D eigenvalue weighted by molar-refractivity contribution is 6.34. The number of hydrogen-bond donors (Lipinski definition) is 2. The Morgan fingerprint density at radius 2 is 1.70 bits per heavy atom. The van der Waals surface area contributed by atoms with Crippen LogP contribution in [0.2, 0.25) is 5.02 Å². The summed E-state index contributed by atoms with van der Waals surface area (Å²) in [5, 5.41) is 13.5. The Morgan fingerprint density at radius 1 is 1.00 bits per heavy atom. The molecule has 1 aromatic heterocycles. The highest BCUT2D eigenvalue weighted by atomic mass is 35.5. The normalized spacial score (nSPS) is 25.7. The number of benzene rings is 2. The van der Waals surface area contributed by atoms with Crippen LogP contribution < -0.4 is 5.32 Å². The zero-order chi connectivity index (χ0) is 32.4. The number of hydrogen-bond acceptors (Lipinski definition) is 8. The standard InChI is InChI=1S/C35H42ClN3O7/c1-22-19-39(20-23(2)45-22)35(38-15-5-6-16-38,46-26-12-10-25(11-13-26)34(42)43)32(40)18-24-9-14-30(29(36)17-24)37-33(41)28-21-44-31-8-4-3-7-27(28)31/h3-4,7-9,14,17,21-23,25-26H,5-6,10-13,15-16,18-20H2,1-2H3,(H,37,41)(H,42,43)/t22-,23+,25?,26?,35?. The number of Topliss-reactive ketones (excluding diaryl/α,β-unsaturated/α-hetero) is 1. The maximum Gasteiger partial charge on any atom is 0.306 e. The molecular weight excluding hydrogens is 610 g/mol. The van der Waals surface area contributed by atoms with Gasteiger partial charge in [0.1, 0.15) is 11.8 Å². The number of amides is 1. The van der Waals surface area contributed by atoms with E-state index in [1.54, 1.807) is 18.2 Å². The van der Waals surface area contributed by atoms with Crippen molar-refractivity contribution in [3.05, 3.63) is 64.9 Å². The van der Waals surface area contributed by atoms with Crippen molar-refractivity contribution in [2.24, 2.45) is 5.92 Å². The van der Waals surface area contributed by atoms with Crippen molar-refractivity contribution in [2.75, 3.05) is 31.5 Å². The topological polar surface area (TPSA) is 122 Å². The van der Waals surface area contributed by atoms with Crippen molar-refractivity contribution >= 4 is 45.9 Å². The van der Waals surface area contributed by atoms with Crippen LogP contribution in [0.15, 0.2) is 53.1 Å². The summed E-state index contributed by atoms with van der Waals surface area (Å²) in [6.45, 7) is 6.55. The van der Waals surface area contributed by atoms with E-state index < -0.39 is 11.8 Å². The SMILES string of the molecule is C[C@@H]1CN(C(OC2CCC(C(=O)O)CC2)(C(=O)Cc2ccc(NC(=O)c3coc4ccccc34)c(Cl)c2)N2CCCC2)C[C@H](C)O1. The summed E-state index contributed by atoms with van der Waals surface area (Å²) in [6.07, 6.45) is 5.23. The van der Waals surface area contributed by atoms with Gasteiger partial charge in [0.05, 0.1) is 40.5 Å². The molecule has 3 aromatic rings. The number of fused-ring (bicyclic) bond motifs is 1. The van der Waals surface area contributed by atoms with Crippen molar-refractivity contribution in [1.29, 1.82) is 0 Å². The number of aliphatic carboxylic acids is 1. The van der Waals surface area contributed by atoms with E-state index in [1.165, 1.54) is 6.26 Å². The van der Waals surface area contributed by atoms with Crippen LogP contribution in [0, 0.1) is 5.92 Å². The smallest absolute Gasteiger partial charge is 0.306 e. The lowest BCUT2D eigenvalue weighted by Crippen LogP contribution is -2.71. The monoisotopic (exact) mass is 651 g/mol. The van der Waals surface area contributed by atoms with Gasteiger partial charge in [-0.1, -0.05) is 35.9 Å². The molecule has 3 fully saturated rings. The zero-order valence-electron chi connectivity index (χ0n) is 26.4. The summed E-state index contributed by atoms with van der Waals surface area (Å²) < 4.78 is 18.6. The number of morpholine rings is 1. The van der Waals surface area contributed by atoms with Gasteiger partial charge in [-0.05, 0) is 76.1 Å². The molecule has 2 N–H and O–H groups in total. The minimum Gasteiger partial charge on any atom is -0.481 e. The minimum absolute atomic E-state index is 0.0708. The average Bonchev–Trinajstić information content (AvgIpc) is 3.72. The molecule has 3 atom stereocenters. The van der Waals surface area contributed by atoms with E-state index in [9.17, 15) is 19.5 Å². The van der Waals surface area contributed by atoms with E-state index >= 15 is 0 Å². The summed E-state index contributed by atoms with van der Waals surface area (Å²) in [7, 11) is 0. The Labute approximate surface area is 273 Å². The lowest BCUT2D eigenvalue weighted by molar-refractivity contribution is -0.274. The minimum atomic E-state index is -1.31. The Morgan fingerprint density at radius 3 is 2.37 bits per heavy atom. The molecule has 6 rings (SSSR count). The molecule has 11 heteroatoms. The maximum atomic E-state index is 14.8. The molecule has 0 bridgehead atoms. The summed E-state index contributed by atoms with van der Waals surface area (Å²) in [5.41, 5.74) is 2.17. The highest BCUT2D eigenvalue weighted by Crippen LogP contribution is 2.37. The third kappa shape index (κ3) is 6.73. The lowest BCUT2D eigenvalue weighted by Gasteiger charge is -2.52. The second kappa shape index (κ2) is 13.8. The number of carbonyl (C=O) groups is 3. The van der Waals surface area contributed by atoms with Gasteiger partial charge < -0.3 is 24.3 Å². The third-order valence-electron chi connectivity index (χ3n) is 9.47. The summed E-state index contributed by atoms with van der Waals surface area (Å²) in [4.78, 5) is 43.8. The van der Waals surface area contributed by atoms with E-state index in [-0.39, 0.29) is 42.3 Å². The number of ether oxygens (including phenoxy) is 2. The van der Waals surface area contributed by atoms with Crippen molar-refractivity contribution in [3.8, 4) is 0 Å². The molecule has 1 amide bonds. The Kier molecular flexibility index (Phi) is 9.82. The maximum absolute atomic E-state index is 14.8. The van der Waals surface area contributed by atoms with Crippen LogP contribution in [0.25, 0.3) is 11.0 Å². The summed E-state index contributed by atoms with van der Waals surface area (Å²) >= 11 is 6.69. The Hall–Kier alpha value is -3.28. The molecule has 1 saturated carbocycles. The molecule has 0 radical (unpaired) electrons. The number of furan rings is 1. The number of carboxylic acids is 1. The molecule has 2 aliphatic heterocycles. The van der Waals surface area contributed by atoms with E-state index in [2.05, 4.69) is 15.1 Å². The number of nitrogens with zero attached hydrogens (tertiary/aromatic N) is 2. The molecule has 2 saturated heterocycles. The fourth-order valence-corrected chi connectivity index (χ4v) is 7.54. The number of rotatable bonds is 10. The predicted molar refractivity (Wildman–Crippen MR) is 174 cm³/mol. The van der Waals surface area contributed by atoms with Crippen LogP contribution >= 0.6 is 11.6 Å². The molecule has 3 heterocycles. The highest BCUT2D eigenvalue weighted by Gasteiger charge is 2.54. The van der Waals surface area contributed by atoms with E-state index in [1.807, 2.05) is 38.1 Å². The van der Waals surface area contributed by atoms with Gasteiger partial charge in [0.15, 0.2) is 5.78 Å². The Balaban J connectivity index is 1.26. The number of nitrogens with one attached hydrogen (secondary N) is 1. The predicted octanol–water partition coefficient (Wildman–Crippen LogP) is 5.97. The van der Waals surface area contributed by atoms with Crippen LogP contribution in [0.3, 0.4) is 0 Å². The average molecular weight is 652 g/mol. The van der Waals surface area contributed by atoms with Gasteiger partial charge in [0.2, 0.25) is 5.85 Å². The van der Waals surface area contributed by atoms with Crippen molar-refractivity contribution in [1.82, 2.24) is 9.80 Å². The molecule has 246 valence electrons. The van der Waals surface area contributed by atoms with Crippen LogP contribution in [-0.2, 0) is 25.5 Å². The van der Waals surface area contributed by atoms with Gasteiger partial charge in [-0.3, -0.25) is 24.2 Å². The number of para-hydroxylation sites is 1. The van der Waals surface area contributed by atoms with Gasteiger partial charge in [0.25, 0.3) is 5.91 Å². The molecule has 46 heavy (non-hydrogen) atoms. The number of anilines is 1. The molecule has 0 spiro atoms. The van der Waals surface area contributed by atoms with E-state index in [4.69, 9.17) is 25.5 Å². The number of likely N-dealkylation sites (tertiary alicyclic amines) is 1. The molecule has 3 aliphatic rings. The molecule has 2 aromatic carbocycles. The third-order valence-corrected chi connectivity index (χ3v) is 9.79. The quantitative estimate of drug-likeness (QED) is 0.273. The van der Waals surface area contributed by atoms with Crippen molar-refractivity contribution < 1.29 is 33.4 Å².